The Hall–Kier alpha value is -4.17. The second-order valence-corrected chi connectivity index (χ2v) is 9.41. The van der Waals surface area contributed by atoms with E-state index in [9.17, 15) is 4.79 Å². The number of fused-ring (bicyclic) bond motifs is 1. The first kappa shape index (κ1) is 20.4. The molecule has 3 heterocycles. The van der Waals surface area contributed by atoms with Crippen molar-refractivity contribution in [2.75, 3.05) is 16.4 Å². The molecule has 7 nitrogen and oxygen atoms in total. The second kappa shape index (κ2) is 8.31. The van der Waals surface area contributed by atoms with E-state index in [4.69, 9.17) is 5.73 Å². The maximum Gasteiger partial charge on any atom is 0.255 e. The van der Waals surface area contributed by atoms with E-state index < -0.39 is 0 Å². The summed E-state index contributed by atoms with van der Waals surface area (Å²) in [7, 11) is 0. The molecule has 1 saturated carbocycles. The zero-order chi connectivity index (χ0) is 23.1. The number of nitrogens with zero attached hydrogens (tertiary/aromatic N) is 3. The molecule has 0 atom stereocenters. The van der Waals surface area contributed by atoms with Crippen molar-refractivity contribution < 1.29 is 4.79 Å². The third kappa shape index (κ3) is 3.99. The normalized spacial score (nSPS) is 13.2. The summed E-state index contributed by atoms with van der Waals surface area (Å²) in [4.78, 5) is 22.7. The Morgan fingerprint density at radius 2 is 1.85 bits per heavy atom. The van der Waals surface area contributed by atoms with Crippen LogP contribution in [0, 0.1) is 0 Å². The van der Waals surface area contributed by atoms with Gasteiger partial charge in [-0.2, -0.15) is 0 Å². The van der Waals surface area contributed by atoms with E-state index in [0.717, 1.165) is 27.0 Å². The zero-order valence-corrected chi connectivity index (χ0v) is 19.0. The molecule has 5 aromatic rings. The van der Waals surface area contributed by atoms with Gasteiger partial charge in [0.05, 0.1) is 28.1 Å². The molecule has 0 unspecified atom stereocenters. The number of carbonyl (C=O) groups excluding carboxylic acids is 1. The molecule has 34 heavy (non-hydrogen) atoms. The highest BCUT2D eigenvalue weighted by atomic mass is 32.1. The van der Waals surface area contributed by atoms with Crippen LogP contribution in [0.15, 0.2) is 79.3 Å². The molecule has 0 saturated heterocycles. The SMILES string of the molecule is Nc1ccccc1NC(=O)c1ccc(Nc2ncc(-c3cnc4cc(C5CC5)ccn34)s2)cc1. The van der Waals surface area contributed by atoms with Crippen molar-refractivity contribution in [3.05, 3.63) is 90.4 Å². The van der Waals surface area contributed by atoms with E-state index in [1.54, 1.807) is 35.6 Å². The fourth-order valence-electron chi connectivity index (χ4n) is 3.93. The number of aromatic nitrogens is 3. The van der Waals surface area contributed by atoms with Gasteiger partial charge in [-0.1, -0.05) is 23.5 Å². The summed E-state index contributed by atoms with van der Waals surface area (Å²) in [6, 6.07) is 18.8. The van der Waals surface area contributed by atoms with Crippen LogP contribution in [0.2, 0.25) is 0 Å². The van der Waals surface area contributed by atoms with Crippen LogP contribution in [-0.4, -0.2) is 20.3 Å². The minimum Gasteiger partial charge on any atom is -0.397 e. The molecule has 168 valence electrons. The van der Waals surface area contributed by atoms with E-state index in [2.05, 4.69) is 43.3 Å². The monoisotopic (exact) mass is 466 g/mol. The molecule has 8 heteroatoms. The Bertz CT molecular complexity index is 1500. The molecular weight excluding hydrogens is 444 g/mol. The third-order valence-electron chi connectivity index (χ3n) is 5.95. The van der Waals surface area contributed by atoms with Gasteiger partial charge in [0, 0.05) is 23.6 Å². The first-order valence-corrected chi connectivity index (χ1v) is 11.9. The number of nitrogen functional groups attached to an aromatic ring is 1. The van der Waals surface area contributed by atoms with E-state index in [-0.39, 0.29) is 5.91 Å². The van der Waals surface area contributed by atoms with Crippen LogP contribution in [0.25, 0.3) is 16.2 Å². The number of nitrogens with two attached hydrogens (primary N) is 1. The average molecular weight is 467 g/mol. The predicted octanol–water partition coefficient (Wildman–Crippen LogP) is 5.91. The summed E-state index contributed by atoms with van der Waals surface area (Å²) < 4.78 is 2.11. The minimum atomic E-state index is -0.210. The van der Waals surface area contributed by atoms with Crippen molar-refractivity contribution in [3.8, 4) is 10.6 Å². The summed E-state index contributed by atoms with van der Waals surface area (Å²) >= 11 is 1.56. The Balaban J connectivity index is 1.15. The van der Waals surface area contributed by atoms with Crippen molar-refractivity contribution in [1.82, 2.24) is 14.4 Å². The number of amides is 1. The summed E-state index contributed by atoms with van der Waals surface area (Å²) in [5.74, 6) is 0.497. The van der Waals surface area contributed by atoms with Gasteiger partial charge in [-0.3, -0.25) is 9.20 Å². The van der Waals surface area contributed by atoms with Gasteiger partial charge in [-0.05, 0) is 72.9 Å². The van der Waals surface area contributed by atoms with Crippen LogP contribution in [0.4, 0.5) is 22.2 Å². The van der Waals surface area contributed by atoms with Gasteiger partial charge in [0.25, 0.3) is 5.91 Å². The summed E-state index contributed by atoms with van der Waals surface area (Å²) in [5.41, 5.74) is 11.8. The molecule has 0 radical (unpaired) electrons. The molecule has 0 spiro atoms. The van der Waals surface area contributed by atoms with Gasteiger partial charge < -0.3 is 16.4 Å². The van der Waals surface area contributed by atoms with Crippen LogP contribution in [-0.2, 0) is 0 Å². The third-order valence-corrected chi connectivity index (χ3v) is 6.89. The molecule has 1 aliphatic carbocycles. The number of imidazole rings is 1. The lowest BCUT2D eigenvalue weighted by molar-refractivity contribution is 0.102. The molecule has 3 aromatic heterocycles. The second-order valence-electron chi connectivity index (χ2n) is 8.38. The number of rotatable bonds is 6. The average Bonchev–Trinajstić information content (AvgIpc) is 3.47. The number of pyridine rings is 1. The first-order valence-electron chi connectivity index (χ1n) is 11.1. The van der Waals surface area contributed by atoms with E-state index in [1.807, 2.05) is 36.7 Å². The summed E-state index contributed by atoms with van der Waals surface area (Å²) in [6.07, 6.45) is 8.42. The highest BCUT2D eigenvalue weighted by Crippen LogP contribution is 2.40. The zero-order valence-electron chi connectivity index (χ0n) is 18.2. The van der Waals surface area contributed by atoms with Gasteiger partial charge in [-0.25, -0.2) is 9.97 Å². The summed E-state index contributed by atoms with van der Waals surface area (Å²) in [6.45, 7) is 0. The fourth-order valence-corrected chi connectivity index (χ4v) is 4.78. The van der Waals surface area contributed by atoms with Crippen molar-refractivity contribution >= 4 is 45.1 Å². The van der Waals surface area contributed by atoms with Gasteiger partial charge in [0.1, 0.15) is 5.65 Å². The predicted molar refractivity (Wildman–Crippen MR) is 137 cm³/mol. The van der Waals surface area contributed by atoms with Gasteiger partial charge in [0.2, 0.25) is 0 Å². The number of hydrogen-bond donors (Lipinski definition) is 3. The highest BCUT2D eigenvalue weighted by molar-refractivity contribution is 7.18. The number of para-hydroxylation sites is 2. The smallest absolute Gasteiger partial charge is 0.255 e. The van der Waals surface area contributed by atoms with Crippen molar-refractivity contribution in [2.24, 2.45) is 0 Å². The molecule has 1 amide bonds. The molecule has 0 aliphatic heterocycles. The minimum absolute atomic E-state index is 0.210. The summed E-state index contributed by atoms with van der Waals surface area (Å²) in [5, 5.41) is 6.93. The van der Waals surface area contributed by atoms with Crippen LogP contribution in [0.1, 0.15) is 34.7 Å². The standard InChI is InChI=1S/C26H22N6OS/c27-20-3-1-2-4-21(20)31-25(33)17-7-9-19(10-8-17)30-26-29-15-23(34-26)22-14-28-24-13-18(16-5-6-16)11-12-32(22)24/h1-4,7-16H,5-6,27H2,(H,29,30)(H,31,33). The Morgan fingerprint density at radius 3 is 2.65 bits per heavy atom. The van der Waals surface area contributed by atoms with Crippen molar-refractivity contribution in [2.45, 2.75) is 18.8 Å². The van der Waals surface area contributed by atoms with Crippen LogP contribution in [0.3, 0.4) is 0 Å². The van der Waals surface area contributed by atoms with Gasteiger partial charge >= 0.3 is 0 Å². The number of carbonyl (C=O) groups is 1. The van der Waals surface area contributed by atoms with Crippen LogP contribution >= 0.6 is 11.3 Å². The lowest BCUT2D eigenvalue weighted by atomic mass is 10.2. The van der Waals surface area contributed by atoms with Crippen LogP contribution < -0.4 is 16.4 Å². The van der Waals surface area contributed by atoms with Gasteiger partial charge in [0.15, 0.2) is 5.13 Å². The quantitative estimate of drug-likeness (QED) is 0.270. The first-order chi connectivity index (χ1) is 16.6. The Kier molecular flexibility index (Phi) is 5.00. The number of benzene rings is 2. The molecule has 1 fully saturated rings. The number of thiazole rings is 1. The van der Waals surface area contributed by atoms with Gasteiger partial charge in [-0.15, -0.1) is 0 Å². The van der Waals surface area contributed by atoms with Crippen molar-refractivity contribution in [3.63, 3.8) is 0 Å². The topological polar surface area (TPSA) is 97.3 Å². The molecular formula is C26H22N6OS. The number of nitrogens with one attached hydrogen (secondary N) is 2. The number of hydrogen-bond acceptors (Lipinski definition) is 6. The Morgan fingerprint density at radius 1 is 1.03 bits per heavy atom. The molecule has 1 aliphatic rings. The molecule has 0 bridgehead atoms. The fraction of sp³-hybridized carbons (Fsp3) is 0.115. The van der Waals surface area contributed by atoms with Crippen LogP contribution in [0.5, 0.6) is 0 Å². The highest BCUT2D eigenvalue weighted by Gasteiger charge is 2.24. The molecule has 6 rings (SSSR count). The lowest BCUT2D eigenvalue weighted by Crippen LogP contribution is -2.13. The van der Waals surface area contributed by atoms with E-state index in [0.29, 0.717) is 22.9 Å². The maximum absolute atomic E-state index is 12.5. The number of anilines is 4. The van der Waals surface area contributed by atoms with E-state index in [1.165, 1.54) is 18.4 Å². The molecule has 4 N–H and O–H groups in total. The van der Waals surface area contributed by atoms with E-state index >= 15 is 0 Å². The maximum atomic E-state index is 12.5. The van der Waals surface area contributed by atoms with Crippen molar-refractivity contribution in [1.29, 1.82) is 0 Å². The largest absolute Gasteiger partial charge is 0.397 e. The lowest BCUT2D eigenvalue weighted by Gasteiger charge is -2.08. The molecule has 2 aromatic carbocycles. The Labute approximate surface area is 200 Å².